The fraction of sp³-hybridized carbons (Fsp3) is 0.368. The van der Waals surface area contributed by atoms with Crippen molar-refractivity contribution in [3.63, 3.8) is 0 Å². The van der Waals surface area contributed by atoms with Crippen molar-refractivity contribution in [3.05, 3.63) is 53.9 Å². The molecule has 29 heavy (non-hydrogen) atoms. The number of nitrogens with zero attached hydrogens (tertiary/aromatic N) is 5. The van der Waals surface area contributed by atoms with Crippen molar-refractivity contribution >= 4 is 17.4 Å². The number of aromatic nitrogens is 4. The van der Waals surface area contributed by atoms with Crippen LogP contribution in [0.1, 0.15) is 17.8 Å². The number of morpholine rings is 1. The molecule has 1 aliphatic heterocycles. The van der Waals surface area contributed by atoms with Gasteiger partial charge >= 0.3 is 0 Å². The molecule has 1 saturated heterocycles. The molecule has 10 heteroatoms. The van der Waals surface area contributed by atoms with Crippen LogP contribution in [0.2, 0.25) is 0 Å². The van der Waals surface area contributed by atoms with Crippen molar-refractivity contribution in [2.45, 2.75) is 18.9 Å². The number of hydrogen-bond acceptors (Lipinski definition) is 6. The third kappa shape index (κ3) is 4.32. The van der Waals surface area contributed by atoms with Gasteiger partial charge in [-0.2, -0.15) is 4.52 Å². The number of carbonyl (C=O) groups is 1. The second kappa shape index (κ2) is 8.48. The molecule has 1 aromatic carbocycles. The first-order valence-electron chi connectivity index (χ1n) is 9.29. The highest BCUT2D eigenvalue weighted by molar-refractivity contribution is 5.85. The van der Waals surface area contributed by atoms with Crippen molar-refractivity contribution < 1.29 is 18.3 Å². The van der Waals surface area contributed by atoms with Crippen LogP contribution in [0.15, 0.2) is 42.5 Å². The first-order valence-corrected chi connectivity index (χ1v) is 9.29. The van der Waals surface area contributed by atoms with Crippen molar-refractivity contribution in [1.82, 2.24) is 24.7 Å². The molecule has 1 N–H and O–H groups in total. The number of halogens is 2. The molecule has 0 spiro atoms. The number of benzene rings is 1. The Morgan fingerprint density at radius 1 is 1.10 bits per heavy atom. The number of rotatable bonds is 6. The van der Waals surface area contributed by atoms with Crippen molar-refractivity contribution in [1.29, 1.82) is 0 Å². The van der Waals surface area contributed by atoms with E-state index in [0.717, 1.165) is 10.1 Å². The molecule has 4 rings (SSSR count). The van der Waals surface area contributed by atoms with Gasteiger partial charge in [-0.05, 0) is 17.7 Å². The van der Waals surface area contributed by atoms with E-state index in [-0.39, 0.29) is 11.6 Å². The summed E-state index contributed by atoms with van der Waals surface area (Å²) in [5.74, 6) is -0.332. The molecule has 8 nitrogen and oxygen atoms in total. The summed E-state index contributed by atoms with van der Waals surface area (Å²) in [5, 5.41) is 14.4. The van der Waals surface area contributed by atoms with Crippen LogP contribution in [0, 0.1) is 0 Å². The molecule has 0 bridgehead atoms. The highest BCUT2D eigenvalue weighted by atomic mass is 19.3. The number of ether oxygens (including phenoxy) is 1. The molecule has 0 aliphatic carbocycles. The Morgan fingerprint density at radius 2 is 1.86 bits per heavy atom. The lowest BCUT2D eigenvalue weighted by Crippen LogP contribution is -2.48. The zero-order chi connectivity index (χ0) is 20.2. The van der Waals surface area contributed by atoms with Gasteiger partial charge in [0.15, 0.2) is 5.65 Å². The lowest BCUT2D eigenvalue weighted by atomic mass is 10.0. The van der Waals surface area contributed by atoms with Gasteiger partial charge in [0.05, 0.1) is 13.2 Å². The first kappa shape index (κ1) is 19.2. The van der Waals surface area contributed by atoms with E-state index in [1.165, 1.54) is 6.07 Å². The van der Waals surface area contributed by atoms with E-state index in [1.54, 1.807) is 11.0 Å². The molecule has 0 saturated carbocycles. The number of amides is 1. The topological polar surface area (TPSA) is 84.7 Å². The molecule has 1 unspecified atom stereocenters. The van der Waals surface area contributed by atoms with Gasteiger partial charge in [0.1, 0.15) is 11.9 Å². The summed E-state index contributed by atoms with van der Waals surface area (Å²) >= 11 is 0. The van der Waals surface area contributed by atoms with Gasteiger partial charge in [0, 0.05) is 19.5 Å². The number of hydrogen-bond donors (Lipinski definition) is 1. The van der Waals surface area contributed by atoms with Crippen LogP contribution in [-0.2, 0) is 16.0 Å². The minimum Gasteiger partial charge on any atom is -0.378 e. The smallest absolute Gasteiger partial charge is 0.299 e. The molecule has 1 aliphatic rings. The van der Waals surface area contributed by atoms with Crippen LogP contribution >= 0.6 is 0 Å². The lowest BCUT2D eigenvalue weighted by Gasteiger charge is -2.31. The van der Waals surface area contributed by atoms with Crippen molar-refractivity contribution in [3.8, 4) is 0 Å². The predicted molar refractivity (Wildman–Crippen MR) is 101 cm³/mol. The molecule has 2 aromatic heterocycles. The predicted octanol–water partition coefficient (Wildman–Crippen LogP) is 1.94. The lowest BCUT2D eigenvalue weighted by molar-refractivity contribution is -0.136. The Kier molecular flexibility index (Phi) is 5.61. The second-order valence-electron chi connectivity index (χ2n) is 6.67. The number of fused-ring (bicyclic) bond motifs is 1. The zero-order valence-electron chi connectivity index (χ0n) is 15.5. The van der Waals surface area contributed by atoms with E-state index in [0.29, 0.717) is 38.5 Å². The minimum absolute atomic E-state index is 0.0862. The largest absolute Gasteiger partial charge is 0.378 e. The summed E-state index contributed by atoms with van der Waals surface area (Å²) in [6.07, 6.45) is -2.37. The maximum absolute atomic E-state index is 13.1. The van der Waals surface area contributed by atoms with E-state index in [1.807, 2.05) is 30.3 Å². The number of alkyl halides is 2. The normalized spacial score (nSPS) is 15.6. The Hall–Kier alpha value is -3.14. The highest BCUT2D eigenvalue weighted by Gasteiger charge is 2.27. The first-order chi connectivity index (χ1) is 14.1. The average molecular weight is 402 g/mol. The fourth-order valence-corrected chi connectivity index (χ4v) is 3.25. The van der Waals surface area contributed by atoms with E-state index in [2.05, 4.69) is 20.6 Å². The summed E-state index contributed by atoms with van der Waals surface area (Å²) in [4.78, 5) is 14.9. The minimum atomic E-state index is -2.80. The Labute approximate surface area is 165 Å². The molecule has 152 valence electrons. The maximum Gasteiger partial charge on any atom is 0.299 e. The molecular formula is C19H20F2N6O2. The number of nitrogens with one attached hydrogen (secondary N) is 1. The third-order valence-electron chi connectivity index (χ3n) is 4.71. The van der Waals surface area contributed by atoms with Crippen molar-refractivity contribution in [2.24, 2.45) is 0 Å². The second-order valence-corrected chi connectivity index (χ2v) is 6.67. The van der Waals surface area contributed by atoms with Gasteiger partial charge in [-0.1, -0.05) is 30.3 Å². The molecule has 1 amide bonds. The van der Waals surface area contributed by atoms with Gasteiger partial charge in [-0.15, -0.1) is 15.3 Å². The van der Waals surface area contributed by atoms with E-state index < -0.39 is 18.3 Å². The van der Waals surface area contributed by atoms with E-state index in [4.69, 9.17) is 4.74 Å². The van der Waals surface area contributed by atoms with Crippen LogP contribution in [-0.4, -0.2) is 63.0 Å². The van der Waals surface area contributed by atoms with E-state index in [9.17, 15) is 13.6 Å². The van der Waals surface area contributed by atoms with Gasteiger partial charge in [0.25, 0.3) is 6.43 Å². The van der Waals surface area contributed by atoms with Crippen LogP contribution in [0.4, 0.5) is 14.6 Å². The fourth-order valence-electron chi connectivity index (χ4n) is 3.25. The molecule has 3 aromatic rings. The molecule has 1 fully saturated rings. The van der Waals surface area contributed by atoms with E-state index >= 15 is 0 Å². The van der Waals surface area contributed by atoms with Crippen LogP contribution in [0.3, 0.4) is 0 Å². The van der Waals surface area contributed by atoms with Crippen molar-refractivity contribution in [2.75, 3.05) is 31.6 Å². The van der Waals surface area contributed by atoms with Crippen LogP contribution < -0.4 is 5.32 Å². The van der Waals surface area contributed by atoms with Gasteiger partial charge < -0.3 is 15.0 Å². The summed E-state index contributed by atoms with van der Waals surface area (Å²) in [6, 6.07) is 12.1. The molecule has 3 heterocycles. The summed E-state index contributed by atoms with van der Waals surface area (Å²) < 4.78 is 32.6. The summed E-state index contributed by atoms with van der Waals surface area (Å²) in [7, 11) is 0. The standard InChI is InChI=1S/C19H20F2N6O2/c20-17(21)18-24-23-16-7-6-15(25-27(16)18)22-14(12-13-4-2-1-3-5-13)19(28)26-8-10-29-11-9-26/h1-7,14,17H,8-12H2,(H,22,25). The highest BCUT2D eigenvalue weighted by Crippen LogP contribution is 2.18. The zero-order valence-corrected chi connectivity index (χ0v) is 15.5. The van der Waals surface area contributed by atoms with Crippen LogP contribution in [0.25, 0.3) is 5.65 Å². The maximum atomic E-state index is 13.1. The number of carbonyl (C=O) groups excluding carboxylic acids is 1. The quantitative estimate of drug-likeness (QED) is 0.679. The monoisotopic (exact) mass is 402 g/mol. The number of anilines is 1. The average Bonchev–Trinajstić information content (AvgIpc) is 3.18. The van der Waals surface area contributed by atoms with Crippen LogP contribution in [0.5, 0.6) is 0 Å². The molecule has 0 radical (unpaired) electrons. The van der Waals surface area contributed by atoms with Gasteiger partial charge in [-0.3, -0.25) is 4.79 Å². The molecule has 1 atom stereocenters. The Morgan fingerprint density at radius 3 is 2.59 bits per heavy atom. The Balaban J connectivity index is 1.61. The summed E-state index contributed by atoms with van der Waals surface area (Å²) in [6.45, 7) is 2.01. The van der Waals surface area contributed by atoms with Gasteiger partial charge in [-0.25, -0.2) is 8.78 Å². The third-order valence-corrected chi connectivity index (χ3v) is 4.71. The van der Waals surface area contributed by atoms with Gasteiger partial charge in [0.2, 0.25) is 11.7 Å². The Bertz CT molecular complexity index is 975. The summed E-state index contributed by atoms with van der Waals surface area (Å²) in [5.41, 5.74) is 1.19. The molecular weight excluding hydrogens is 382 g/mol. The SMILES string of the molecule is O=C(C(Cc1ccccc1)Nc1ccc2nnc(C(F)F)n2n1)N1CCOCC1.